The minimum atomic E-state index is -0.424. The zero-order valence-corrected chi connectivity index (χ0v) is 10.6. The van der Waals surface area contributed by atoms with E-state index in [1.807, 2.05) is 0 Å². The molecule has 1 atom stereocenters. The molecule has 0 saturated carbocycles. The number of aliphatic hydroxyl groups is 1. The molecule has 2 N–H and O–H groups in total. The van der Waals surface area contributed by atoms with Crippen molar-refractivity contribution >= 4 is 17.7 Å². The van der Waals surface area contributed by atoms with Crippen molar-refractivity contribution in [3.63, 3.8) is 0 Å². The van der Waals surface area contributed by atoms with Gasteiger partial charge in [-0.1, -0.05) is 12.1 Å². The van der Waals surface area contributed by atoms with E-state index in [0.29, 0.717) is 18.8 Å². The van der Waals surface area contributed by atoms with E-state index < -0.39 is 6.09 Å². The molecule has 1 aromatic rings. The molecule has 2 amide bonds. The zero-order chi connectivity index (χ0) is 13.8. The summed E-state index contributed by atoms with van der Waals surface area (Å²) in [6.45, 7) is 2.10. The second-order valence-corrected chi connectivity index (χ2v) is 4.38. The van der Waals surface area contributed by atoms with Gasteiger partial charge in [-0.2, -0.15) is 0 Å². The first-order valence-electron chi connectivity index (χ1n) is 6.02. The van der Waals surface area contributed by atoms with E-state index >= 15 is 0 Å². The average Bonchev–Trinajstić information content (AvgIpc) is 2.78. The van der Waals surface area contributed by atoms with Crippen molar-refractivity contribution in [1.29, 1.82) is 0 Å². The lowest BCUT2D eigenvalue weighted by Gasteiger charge is -2.13. The Kier molecular flexibility index (Phi) is 4.01. The van der Waals surface area contributed by atoms with Gasteiger partial charge in [0.2, 0.25) is 5.91 Å². The molecule has 0 aliphatic carbocycles. The zero-order valence-electron chi connectivity index (χ0n) is 10.6. The second kappa shape index (κ2) is 5.71. The van der Waals surface area contributed by atoms with Crippen LogP contribution in [0.15, 0.2) is 24.3 Å². The quantitative estimate of drug-likeness (QED) is 0.836. The Labute approximate surface area is 111 Å². The molecule has 6 nitrogen and oxygen atoms in total. The highest BCUT2D eigenvalue weighted by Gasteiger charge is 2.32. The maximum absolute atomic E-state index is 11.7. The molecule has 19 heavy (non-hydrogen) atoms. The molecule has 0 radical (unpaired) electrons. The van der Waals surface area contributed by atoms with Crippen LogP contribution in [0.1, 0.15) is 12.5 Å². The van der Waals surface area contributed by atoms with Gasteiger partial charge in [0.15, 0.2) is 0 Å². The molecule has 1 fully saturated rings. The van der Waals surface area contributed by atoms with Crippen LogP contribution in [0.5, 0.6) is 0 Å². The largest absolute Gasteiger partial charge is 0.442 e. The standard InChI is InChI=1S/C13H16N2O4/c1-9(17)14-6-12-7-15(13(18)19-12)11-4-2-10(8-16)3-5-11/h2-5,12,16H,6-8H2,1H3,(H,14,17). The average molecular weight is 264 g/mol. The second-order valence-electron chi connectivity index (χ2n) is 4.38. The molecule has 1 aliphatic rings. The monoisotopic (exact) mass is 264 g/mol. The van der Waals surface area contributed by atoms with Gasteiger partial charge in [0, 0.05) is 12.6 Å². The van der Waals surface area contributed by atoms with E-state index in [1.165, 1.54) is 11.8 Å². The fourth-order valence-electron chi connectivity index (χ4n) is 1.88. The van der Waals surface area contributed by atoms with Crippen LogP contribution in [-0.4, -0.2) is 36.3 Å². The van der Waals surface area contributed by atoms with Crippen LogP contribution in [0.4, 0.5) is 10.5 Å². The number of hydrogen-bond acceptors (Lipinski definition) is 4. The fourth-order valence-corrected chi connectivity index (χ4v) is 1.88. The number of cyclic esters (lactones) is 1. The number of rotatable bonds is 4. The highest BCUT2D eigenvalue weighted by molar-refractivity contribution is 5.89. The summed E-state index contributed by atoms with van der Waals surface area (Å²) in [5.74, 6) is -0.151. The van der Waals surface area contributed by atoms with Gasteiger partial charge in [-0.3, -0.25) is 9.69 Å². The van der Waals surface area contributed by atoms with Crippen LogP contribution in [0, 0.1) is 0 Å². The van der Waals surface area contributed by atoms with Crippen molar-refractivity contribution in [2.45, 2.75) is 19.6 Å². The van der Waals surface area contributed by atoms with E-state index in [0.717, 1.165) is 5.56 Å². The molecule has 0 aromatic heterocycles. The number of amides is 2. The Morgan fingerprint density at radius 1 is 1.47 bits per heavy atom. The first-order valence-corrected chi connectivity index (χ1v) is 6.02. The third-order valence-electron chi connectivity index (χ3n) is 2.88. The number of nitrogens with zero attached hydrogens (tertiary/aromatic N) is 1. The Balaban J connectivity index is 2.00. The highest BCUT2D eigenvalue weighted by atomic mass is 16.6. The lowest BCUT2D eigenvalue weighted by Crippen LogP contribution is -2.33. The molecule has 102 valence electrons. The Hall–Kier alpha value is -2.08. The van der Waals surface area contributed by atoms with Crippen molar-refractivity contribution in [2.24, 2.45) is 0 Å². The Bertz CT molecular complexity index is 472. The van der Waals surface area contributed by atoms with E-state index in [2.05, 4.69) is 5.32 Å². The molecule has 1 saturated heterocycles. The number of benzene rings is 1. The molecule has 6 heteroatoms. The summed E-state index contributed by atoms with van der Waals surface area (Å²) >= 11 is 0. The van der Waals surface area contributed by atoms with E-state index in [-0.39, 0.29) is 18.6 Å². The first kappa shape index (κ1) is 13.4. The summed E-state index contributed by atoms with van der Waals surface area (Å²) < 4.78 is 5.16. The first-order chi connectivity index (χ1) is 9.10. The third-order valence-corrected chi connectivity index (χ3v) is 2.88. The molecule has 1 unspecified atom stereocenters. The summed E-state index contributed by atoms with van der Waals surface area (Å²) in [4.78, 5) is 24.0. The summed E-state index contributed by atoms with van der Waals surface area (Å²) in [5, 5.41) is 11.6. The Morgan fingerprint density at radius 2 is 2.16 bits per heavy atom. The number of carbonyl (C=O) groups is 2. The molecular weight excluding hydrogens is 248 g/mol. The number of hydrogen-bond donors (Lipinski definition) is 2. The predicted molar refractivity (Wildman–Crippen MR) is 68.7 cm³/mol. The van der Waals surface area contributed by atoms with Gasteiger partial charge >= 0.3 is 6.09 Å². The topological polar surface area (TPSA) is 78.9 Å². The SMILES string of the molecule is CC(=O)NCC1CN(c2ccc(CO)cc2)C(=O)O1. The highest BCUT2D eigenvalue weighted by Crippen LogP contribution is 2.21. The number of aliphatic hydroxyl groups excluding tert-OH is 1. The van der Waals surface area contributed by atoms with Gasteiger partial charge in [0.25, 0.3) is 0 Å². The van der Waals surface area contributed by atoms with Crippen molar-refractivity contribution < 1.29 is 19.4 Å². The summed E-state index contributed by atoms with van der Waals surface area (Å²) in [6, 6.07) is 7.02. The number of ether oxygens (including phenoxy) is 1. The smallest absolute Gasteiger partial charge is 0.414 e. The minimum absolute atomic E-state index is 0.0319. The minimum Gasteiger partial charge on any atom is -0.442 e. The molecular formula is C13H16N2O4. The lowest BCUT2D eigenvalue weighted by molar-refractivity contribution is -0.119. The van der Waals surface area contributed by atoms with Crippen molar-refractivity contribution in [1.82, 2.24) is 5.32 Å². The lowest BCUT2D eigenvalue weighted by atomic mass is 10.2. The van der Waals surface area contributed by atoms with E-state index in [9.17, 15) is 9.59 Å². The van der Waals surface area contributed by atoms with Crippen LogP contribution in [0.25, 0.3) is 0 Å². The van der Waals surface area contributed by atoms with Gasteiger partial charge in [-0.15, -0.1) is 0 Å². The molecule has 0 bridgehead atoms. The molecule has 1 heterocycles. The van der Waals surface area contributed by atoms with Gasteiger partial charge in [0.05, 0.1) is 19.7 Å². The van der Waals surface area contributed by atoms with E-state index in [1.54, 1.807) is 24.3 Å². The summed E-state index contributed by atoms with van der Waals surface area (Å²) in [5.41, 5.74) is 1.50. The van der Waals surface area contributed by atoms with Gasteiger partial charge in [0.1, 0.15) is 6.10 Å². The van der Waals surface area contributed by atoms with Crippen LogP contribution < -0.4 is 10.2 Å². The van der Waals surface area contributed by atoms with Crippen LogP contribution >= 0.6 is 0 Å². The number of carbonyl (C=O) groups excluding carboxylic acids is 2. The summed E-state index contributed by atoms with van der Waals surface area (Å²) in [6.07, 6.45) is -0.763. The molecule has 1 aliphatic heterocycles. The normalized spacial score (nSPS) is 18.3. The van der Waals surface area contributed by atoms with E-state index in [4.69, 9.17) is 9.84 Å². The van der Waals surface area contributed by atoms with Crippen molar-refractivity contribution in [3.8, 4) is 0 Å². The summed E-state index contributed by atoms with van der Waals surface area (Å²) in [7, 11) is 0. The Morgan fingerprint density at radius 3 is 2.74 bits per heavy atom. The van der Waals surface area contributed by atoms with Crippen LogP contribution in [0.3, 0.4) is 0 Å². The van der Waals surface area contributed by atoms with Crippen molar-refractivity contribution in [2.75, 3.05) is 18.0 Å². The fraction of sp³-hybridized carbons (Fsp3) is 0.385. The molecule has 0 spiro atoms. The number of nitrogens with one attached hydrogen (secondary N) is 1. The molecule has 2 rings (SSSR count). The van der Waals surface area contributed by atoms with Crippen molar-refractivity contribution in [3.05, 3.63) is 29.8 Å². The van der Waals surface area contributed by atoms with Crippen LogP contribution in [-0.2, 0) is 16.1 Å². The maximum atomic E-state index is 11.7. The maximum Gasteiger partial charge on any atom is 0.414 e. The van der Waals surface area contributed by atoms with Gasteiger partial charge < -0.3 is 15.2 Å². The third kappa shape index (κ3) is 3.23. The van der Waals surface area contributed by atoms with Gasteiger partial charge in [-0.05, 0) is 17.7 Å². The predicted octanol–water partition coefficient (Wildman–Crippen LogP) is 0.640. The van der Waals surface area contributed by atoms with Crippen LogP contribution in [0.2, 0.25) is 0 Å². The molecule has 1 aromatic carbocycles. The number of anilines is 1. The van der Waals surface area contributed by atoms with Gasteiger partial charge in [-0.25, -0.2) is 4.79 Å².